The fourth-order valence-electron chi connectivity index (χ4n) is 2.45. The number of nitrogens with one attached hydrogen (secondary N) is 2. The van der Waals surface area contributed by atoms with E-state index >= 15 is 0 Å². The van der Waals surface area contributed by atoms with E-state index < -0.39 is 15.5 Å². The zero-order chi connectivity index (χ0) is 18.9. The third-order valence-corrected chi connectivity index (χ3v) is 6.12. The van der Waals surface area contributed by atoms with Gasteiger partial charge < -0.3 is 10.6 Å². The Morgan fingerprint density at radius 1 is 1.28 bits per heavy atom. The molecule has 0 aromatic heterocycles. The Morgan fingerprint density at radius 2 is 1.92 bits per heavy atom. The van der Waals surface area contributed by atoms with Gasteiger partial charge >= 0.3 is 15.5 Å². The van der Waals surface area contributed by atoms with Gasteiger partial charge in [-0.1, -0.05) is 0 Å². The third-order valence-electron chi connectivity index (χ3n) is 3.80. The summed E-state index contributed by atoms with van der Waals surface area (Å²) in [6.07, 6.45) is 4.73. The number of hydrogen-bond acceptors (Lipinski definition) is 4. The van der Waals surface area contributed by atoms with Gasteiger partial charge in [0.15, 0.2) is 5.96 Å². The van der Waals surface area contributed by atoms with Crippen LogP contribution in [0.25, 0.3) is 0 Å². The van der Waals surface area contributed by atoms with E-state index in [1.54, 1.807) is 11.8 Å². The average Bonchev–Trinajstić information content (AvgIpc) is 2.54. The Hall–Kier alpha value is -0.680. The number of guanidine groups is 1. The van der Waals surface area contributed by atoms with E-state index in [4.69, 9.17) is 0 Å². The fourth-order valence-corrected chi connectivity index (χ4v) is 3.93. The Kier molecular flexibility index (Phi) is 9.36. The molecule has 0 aliphatic carbocycles. The van der Waals surface area contributed by atoms with E-state index in [0.29, 0.717) is 36.2 Å². The zero-order valence-electron chi connectivity index (χ0n) is 14.6. The summed E-state index contributed by atoms with van der Waals surface area (Å²) in [7, 11) is -5.23. The molecule has 2 N–H and O–H groups in total. The number of rotatable bonds is 8. The highest BCUT2D eigenvalue weighted by molar-refractivity contribution is 7.98. The van der Waals surface area contributed by atoms with Gasteiger partial charge in [0.2, 0.25) is 0 Å². The van der Waals surface area contributed by atoms with Gasteiger partial charge in [-0.3, -0.25) is 4.99 Å². The second-order valence-electron chi connectivity index (χ2n) is 5.73. The van der Waals surface area contributed by atoms with Gasteiger partial charge in [-0.25, -0.2) is 8.42 Å². The summed E-state index contributed by atoms with van der Waals surface area (Å²) < 4.78 is 61.1. The Balaban J connectivity index is 2.50. The zero-order valence-corrected chi connectivity index (χ0v) is 16.2. The number of aliphatic imine (C=N–C) groups is 1. The largest absolute Gasteiger partial charge is 0.511 e. The number of unbranched alkanes of at least 4 members (excludes halogenated alkanes) is 1. The molecule has 0 spiro atoms. The normalized spacial score (nSPS) is 18.4. The van der Waals surface area contributed by atoms with Crippen molar-refractivity contribution in [2.24, 2.45) is 4.99 Å². The molecule has 0 atom stereocenters. The van der Waals surface area contributed by atoms with Crippen molar-refractivity contribution >= 4 is 27.7 Å². The molecule has 0 aromatic carbocycles. The number of nitrogens with zero attached hydrogens (tertiary/aromatic N) is 2. The summed E-state index contributed by atoms with van der Waals surface area (Å²) in [6.45, 7) is 3.00. The van der Waals surface area contributed by atoms with Crippen LogP contribution < -0.4 is 10.6 Å². The number of hydrogen-bond donors (Lipinski definition) is 2. The quantitative estimate of drug-likeness (QED) is 0.368. The van der Waals surface area contributed by atoms with Crippen LogP contribution in [0.15, 0.2) is 4.99 Å². The van der Waals surface area contributed by atoms with Crippen LogP contribution in [0.2, 0.25) is 0 Å². The van der Waals surface area contributed by atoms with Crippen molar-refractivity contribution in [1.82, 2.24) is 14.9 Å². The summed E-state index contributed by atoms with van der Waals surface area (Å²) in [6, 6.07) is -0.0938. The lowest BCUT2D eigenvalue weighted by Crippen LogP contribution is -2.51. The van der Waals surface area contributed by atoms with Crippen molar-refractivity contribution < 1.29 is 21.6 Å². The van der Waals surface area contributed by atoms with Crippen LogP contribution >= 0.6 is 11.8 Å². The number of thioether (sulfide) groups is 1. The molecule has 0 saturated carbocycles. The lowest BCUT2D eigenvalue weighted by molar-refractivity contribution is -0.0494. The molecule has 1 saturated heterocycles. The Bertz CT molecular complexity index is 519. The molecule has 0 amide bonds. The minimum atomic E-state index is -5.24. The minimum Gasteiger partial charge on any atom is -0.357 e. The van der Waals surface area contributed by atoms with Crippen molar-refractivity contribution in [2.75, 3.05) is 38.2 Å². The van der Waals surface area contributed by atoms with Crippen LogP contribution in [0.3, 0.4) is 0 Å². The minimum absolute atomic E-state index is 0.0938. The molecule has 1 aliphatic heterocycles. The standard InChI is InChI=1S/C14H27F3N4O2S2/c1-3-18-13(19-8-4-5-11-24-2)20-12-6-9-21(10-7-12)25(22,23)14(15,16)17/h12H,3-11H2,1-2H3,(H2,18,19,20). The highest BCUT2D eigenvalue weighted by atomic mass is 32.2. The maximum atomic E-state index is 12.6. The van der Waals surface area contributed by atoms with Crippen molar-refractivity contribution in [2.45, 2.75) is 44.2 Å². The number of piperidine rings is 1. The molecule has 1 fully saturated rings. The summed E-state index contributed by atoms with van der Waals surface area (Å²) in [4.78, 5) is 4.46. The van der Waals surface area contributed by atoms with Crippen LogP contribution in [-0.4, -0.2) is 68.4 Å². The monoisotopic (exact) mass is 404 g/mol. The van der Waals surface area contributed by atoms with E-state index in [2.05, 4.69) is 21.9 Å². The molecule has 11 heteroatoms. The molecule has 0 bridgehead atoms. The first-order chi connectivity index (χ1) is 11.7. The van der Waals surface area contributed by atoms with Crippen LogP contribution in [0, 0.1) is 0 Å². The van der Waals surface area contributed by atoms with Crippen LogP contribution in [0.5, 0.6) is 0 Å². The predicted octanol–water partition coefficient (Wildman–Crippen LogP) is 2.00. The molecule has 1 aliphatic rings. The van der Waals surface area contributed by atoms with Gasteiger partial charge in [-0.2, -0.15) is 29.2 Å². The molecular formula is C14H27F3N4O2S2. The summed E-state index contributed by atoms with van der Waals surface area (Å²) >= 11 is 1.79. The van der Waals surface area contributed by atoms with Gasteiger partial charge in [0.05, 0.1) is 0 Å². The smallest absolute Gasteiger partial charge is 0.357 e. The molecule has 0 radical (unpaired) electrons. The first-order valence-corrected chi connectivity index (χ1v) is 11.2. The van der Waals surface area contributed by atoms with E-state index in [0.717, 1.165) is 18.6 Å². The number of sulfonamides is 1. The van der Waals surface area contributed by atoms with Crippen molar-refractivity contribution in [3.63, 3.8) is 0 Å². The first kappa shape index (κ1) is 22.4. The first-order valence-electron chi connectivity index (χ1n) is 8.32. The Labute approximate surface area is 152 Å². The van der Waals surface area contributed by atoms with Crippen LogP contribution in [0.4, 0.5) is 13.2 Å². The highest BCUT2D eigenvalue weighted by Gasteiger charge is 2.50. The van der Waals surface area contributed by atoms with Crippen LogP contribution in [-0.2, 0) is 10.0 Å². The van der Waals surface area contributed by atoms with Gasteiger partial charge in [-0.15, -0.1) is 0 Å². The molecule has 6 nitrogen and oxygen atoms in total. The van der Waals surface area contributed by atoms with Gasteiger partial charge in [0.1, 0.15) is 0 Å². The van der Waals surface area contributed by atoms with Crippen LogP contribution in [0.1, 0.15) is 32.6 Å². The molecule has 1 heterocycles. The van der Waals surface area contributed by atoms with Crippen molar-refractivity contribution in [3.05, 3.63) is 0 Å². The second-order valence-corrected chi connectivity index (χ2v) is 8.64. The molecule has 25 heavy (non-hydrogen) atoms. The lowest BCUT2D eigenvalue weighted by Gasteiger charge is -2.32. The van der Waals surface area contributed by atoms with E-state index in [9.17, 15) is 21.6 Å². The lowest BCUT2D eigenvalue weighted by atomic mass is 10.1. The molecule has 0 aromatic rings. The number of alkyl halides is 3. The summed E-state index contributed by atoms with van der Waals surface area (Å²) in [5, 5.41) is 6.30. The van der Waals surface area contributed by atoms with Gasteiger partial charge in [0, 0.05) is 32.2 Å². The molecule has 148 valence electrons. The average molecular weight is 405 g/mol. The topological polar surface area (TPSA) is 73.8 Å². The molecule has 0 unspecified atom stereocenters. The molecular weight excluding hydrogens is 377 g/mol. The fraction of sp³-hybridized carbons (Fsp3) is 0.929. The highest BCUT2D eigenvalue weighted by Crippen LogP contribution is 2.28. The van der Waals surface area contributed by atoms with Crippen molar-refractivity contribution in [3.8, 4) is 0 Å². The predicted molar refractivity (Wildman–Crippen MR) is 96.3 cm³/mol. The van der Waals surface area contributed by atoms with Gasteiger partial charge in [0.25, 0.3) is 0 Å². The van der Waals surface area contributed by atoms with Crippen molar-refractivity contribution in [1.29, 1.82) is 0 Å². The SMILES string of the molecule is CCNC(=NCCCCSC)NC1CCN(S(=O)(=O)C(F)(F)F)CC1. The maximum Gasteiger partial charge on any atom is 0.511 e. The Morgan fingerprint density at radius 3 is 2.44 bits per heavy atom. The third kappa shape index (κ3) is 7.22. The summed E-state index contributed by atoms with van der Waals surface area (Å²) in [5.41, 5.74) is -5.24. The molecule has 1 rings (SSSR count). The van der Waals surface area contributed by atoms with E-state index in [-0.39, 0.29) is 19.1 Å². The summed E-state index contributed by atoms with van der Waals surface area (Å²) in [5.74, 6) is 1.72. The number of halogens is 3. The van der Waals surface area contributed by atoms with E-state index in [1.165, 1.54) is 0 Å². The maximum absolute atomic E-state index is 12.6. The second kappa shape index (κ2) is 10.5. The van der Waals surface area contributed by atoms with E-state index in [1.807, 2.05) is 6.92 Å². The van der Waals surface area contributed by atoms with Gasteiger partial charge in [-0.05, 0) is 44.6 Å².